The van der Waals surface area contributed by atoms with Crippen molar-refractivity contribution in [3.8, 4) is 0 Å². The number of aryl methyl sites for hydroxylation is 1. The molecule has 2 nitrogen and oxygen atoms in total. The second kappa shape index (κ2) is 6.92. The molecule has 0 bridgehead atoms. The van der Waals surface area contributed by atoms with E-state index < -0.39 is 0 Å². The average molecular weight is 322 g/mol. The van der Waals surface area contributed by atoms with E-state index in [0.29, 0.717) is 0 Å². The third-order valence-corrected chi connectivity index (χ3v) is 3.88. The van der Waals surface area contributed by atoms with E-state index in [9.17, 15) is 0 Å². The van der Waals surface area contributed by atoms with Crippen LogP contribution in [0.4, 0.5) is 0 Å². The normalized spacial score (nSPS) is 12.6. The van der Waals surface area contributed by atoms with Crippen molar-refractivity contribution in [2.75, 3.05) is 6.54 Å². The van der Waals surface area contributed by atoms with Crippen LogP contribution in [0.3, 0.4) is 0 Å². The number of rotatable bonds is 6. The monoisotopic (exact) mass is 321 g/mol. The van der Waals surface area contributed by atoms with Crippen molar-refractivity contribution in [2.45, 2.75) is 32.7 Å². The molecule has 3 heteroatoms. The summed E-state index contributed by atoms with van der Waals surface area (Å²) in [5, 5.41) is 3.54. The highest BCUT2D eigenvalue weighted by Crippen LogP contribution is 2.29. The molecule has 0 aliphatic heterocycles. The molecule has 0 saturated carbocycles. The maximum absolute atomic E-state index is 5.63. The zero-order valence-corrected chi connectivity index (χ0v) is 13.0. The van der Waals surface area contributed by atoms with E-state index in [1.807, 2.05) is 6.07 Å². The molecule has 2 aromatic rings. The fourth-order valence-electron chi connectivity index (χ4n) is 2.11. The van der Waals surface area contributed by atoms with Gasteiger partial charge in [-0.3, -0.25) is 0 Å². The van der Waals surface area contributed by atoms with E-state index in [2.05, 4.69) is 59.4 Å². The molecule has 1 aromatic carbocycles. The van der Waals surface area contributed by atoms with Gasteiger partial charge in [-0.2, -0.15) is 0 Å². The van der Waals surface area contributed by atoms with E-state index in [1.54, 1.807) is 6.26 Å². The van der Waals surface area contributed by atoms with Crippen LogP contribution in [0, 0.1) is 0 Å². The minimum Gasteiger partial charge on any atom is -0.466 e. The smallest absolute Gasteiger partial charge is 0.139 e. The Morgan fingerprint density at radius 2 is 1.89 bits per heavy atom. The summed E-state index contributed by atoms with van der Waals surface area (Å²) < 4.78 is 6.64. The number of benzene rings is 1. The molecule has 1 N–H and O–H groups in total. The van der Waals surface area contributed by atoms with E-state index in [1.165, 1.54) is 11.1 Å². The van der Waals surface area contributed by atoms with Crippen LogP contribution in [0.1, 0.15) is 43.2 Å². The lowest BCUT2D eigenvalue weighted by Crippen LogP contribution is -2.23. The Morgan fingerprint density at radius 1 is 1.16 bits per heavy atom. The molecule has 0 amide bonds. The molecular formula is C16H20BrNO. The van der Waals surface area contributed by atoms with Crippen LogP contribution in [-0.2, 0) is 6.42 Å². The Bertz CT molecular complexity index is 504. The third kappa shape index (κ3) is 3.48. The van der Waals surface area contributed by atoms with E-state index in [4.69, 9.17) is 4.42 Å². The molecule has 1 unspecified atom stereocenters. The molecule has 2 rings (SSSR count). The molecule has 0 spiro atoms. The van der Waals surface area contributed by atoms with Gasteiger partial charge in [-0.1, -0.05) is 38.1 Å². The SMILES string of the molecule is CCCNC(c1ccc(CC)cc1)c1occc1Br. The fourth-order valence-corrected chi connectivity index (χ4v) is 2.54. The van der Waals surface area contributed by atoms with Gasteiger partial charge in [-0.15, -0.1) is 0 Å². The highest BCUT2D eigenvalue weighted by Gasteiger charge is 2.19. The van der Waals surface area contributed by atoms with E-state index in [0.717, 1.165) is 29.6 Å². The first-order valence-electron chi connectivity index (χ1n) is 6.81. The zero-order valence-electron chi connectivity index (χ0n) is 11.4. The molecule has 102 valence electrons. The Kier molecular flexibility index (Phi) is 5.23. The number of nitrogens with one attached hydrogen (secondary N) is 1. The number of furan rings is 1. The van der Waals surface area contributed by atoms with Gasteiger partial charge in [0.15, 0.2) is 0 Å². The summed E-state index contributed by atoms with van der Waals surface area (Å²) in [6.07, 6.45) is 3.89. The minimum atomic E-state index is 0.107. The highest BCUT2D eigenvalue weighted by atomic mass is 79.9. The number of hydrogen-bond acceptors (Lipinski definition) is 2. The van der Waals surface area contributed by atoms with Crippen LogP contribution in [0.25, 0.3) is 0 Å². The second-order valence-electron chi connectivity index (χ2n) is 4.62. The molecular weight excluding hydrogens is 302 g/mol. The largest absolute Gasteiger partial charge is 0.466 e. The summed E-state index contributed by atoms with van der Waals surface area (Å²) in [5.74, 6) is 0.942. The van der Waals surface area contributed by atoms with Crippen LogP contribution in [0.2, 0.25) is 0 Å². The molecule has 19 heavy (non-hydrogen) atoms. The summed E-state index contributed by atoms with van der Waals surface area (Å²) in [7, 11) is 0. The van der Waals surface area contributed by atoms with E-state index in [-0.39, 0.29) is 6.04 Å². The predicted octanol–water partition coefficient (Wildman–Crippen LogP) is 4.69. The van der Waals surface area contributed by atoms with Gasteiger partial charge in [0, 0.05) is 0 Å². The summed E-state index contributed by atoms with van der Waals surface area (Å²) in [5.41, 5.74) is 2.60. The standard InChI is InChI=1S/C16H20BrNO/c1-3-10-18-15(16-14(17)9-11-19-16)13-7-5-12(4-2)6-8-13/h5-9,11,15,18H,3-4,10H2,1-2H3. The first-order chi connectivity index (χ1) is 9.26. The van der Waals surface area contributed by atoms with Crippen LogP contribution in [0.5, 0.6) is 0 Å². The lowest BCUT2D eigenvalue weighted by molar-refractivity contribution is 0.444. The Balaban J connectivity index is 2.28. The topological polar surface area (TPSA) is 25.2 Å². The summed E-state index contributed by atoms with van der Waals surface area (Å²) in [4.78, 5) is 0. The molecule has 0 radical (unpaired) electrons. The fraction of sp³-hybridized carbons (Fsp3) is 0.375. The van der Waals surface area contributed by atoms with Gasteiger partial charge in [0.25, 0.3) is 0 Å². The Labute approximate surface area is 123 Å². The van der Waals surface area contributed by atoms with Crippen molar-refractivity contribution < 1.29 is 4.42 Å². The van der Waals surface area contributed by atoms with Crippen molar-refractivity contribution in [3.05, 3.63) is 58.0 Å². The van der Waals surface area contributed by atoms with Crippen molar-refractivity contribution in [1.82, 2.24) is 5.32 Å². The van der Waals surface area contributed by atoms with Crippen LogP contribution < -0.4 is 5.32 Å². The van der Waals surface area contributed by atoms with Crippen LogP contribution in [0.15, 0.2) is 45.5 Å². The Hall–Kier alpha value is -1.06. The average Bonchev–Trinajstić information content (AvgIpc) is 2.86. The lowest BCUT2D eigenvalue weighted by Gasteiger charge is -2.17. The number of halogens is 1. The maximum atomic E-state index is 5.63. The summed E-state index contributed by atoms with van der Waals surface area (Å²) in [6.45, 7) is 5.31. The van der Waals surface area contributed by atoms with Crippen molar-refractivity contribution in [1.29, 1.82) is 0 Å². The maximum Gasteiger partial charge on any atom is 0.139 e. The number of hydrogen-bond donors (Lipinski definition) is 1. The molecule has 1 heterocycles. The molecule has 0 fully saturated rings. The first kappa shape index (κ1) is 14.4. The first-order valence-corrected chi connectivity index (χ1v) is 7.60. The van der Waals surface area contributed by atoms with Crippen LogP contribution in [-0.4, -0.2) is 6.54 Å². The molecule has 1 atom stereocenters. The molecule has 0 saturated heterocycles. The van der Waals surface area contributed by atoms with Gasteiger partial charge in [0.05, 0.1) is 16.8 Å². The molecule has 0 aliphatic rings. The van der Waals surface area contributed by atoms with Crippen molar-refractivity contribution >= 4 is 15.9 Å². The Morgan fingerprint density at radius 3 is 2.42 bits per heavy atom. The summed E-state index contributed by atoms with van der Waals surface area (Å²) >= 11 is 3.55. The van der Waals surface area contributed by atoms with E-state index >= 15 is 0 Å². The summed E-state index contributed by atoms with van der Waals surface area (Å²) in [6, 6.07) is 10.8. The third-order valence-electron chi connectivity index (χ3n) is 3.23. The predicted molar refractivity (Wildman–Crippen MR) is 82.4 cm³/mol. The van der Waals surface area contributed by atoms with Crippen molar-refractivity contribution in [2.24, 2.45) is 0 Å². The van der Waals surface area contributed by atoms with Gasteiger partial charge >= 0.3 is 0 Å². The molecule has 0 aliphatic carbocycles. The minimum absolute atomic E-state index is 0.107. The highest BCUT2D eigenvalue weighted by molar-refractivity contribution is 9.10. The second-order valence-corrected chi connectivity index (χ2v) is 5.47. The molecule has 1 aromatic heterocycles. The quantitative estimate of drug-likeness (QED) is 0.834. The van der Waals surface area contributed by atoms with Crippen molar-refractivity contribution in [3.63, 3.8) is 0 Å². The zero-order chi connectivity index (χ0) is 13.7. The lowest BCUT2D eigenvalue weighted by atomic mass is 10.0. The van der Waals surface area contributed by atoms with Gasteiger partial charge < -0.3 is 9.73 Å². The van der Waals surface area contributed by atoms with Gasteiger partial charge in [-0.05, 0) is 52.5 Å². The van der Waals surface area contributed by atoms with Gasteiger partial charge in [-0.25, -0.2) is 0 Å². The van der Waals surface area contributed by atoms with Gasteiger partial charge in [0.1, 0.15) is 5.76 Å². The van der Waals surface area contributed by atoms with Gasteiger partial charge in [0.2, 0.25) is 0 Å². The van der Waals surface area contributed by atoms with Crippen LogP contribution >= 0.6 is 15.9 Å².